The number of aromatic amines is 2. The number of H-pyrrole nitrogens is 2. The van der Waals surface area contributed by atoms with E-state index in [2.05, 4.69) is 63.9 Å². The minimum atomic E-state index is -1.23. The van der Waals surface area contributed by atoms with Crippen molar-refractivity contribution in [3.8, 4) is 28.1 Å². The molecule has 0 spiro atoms. The van der Waals surface area contributed by atoms with E-state index in [1.54, 1.807) is 6.92 Å². The van der Waals surface area contributed by atoms with Crippen molar-refractivity contribution < 1.29 is 33.7 Å². The summed E-state index contributed by atoms with van der Waals surface area (Å²) in [4.78, 5) is 60.4. The lowest BCUT2D eigenvalue weighted by atomic mass is 9.92. The molecule has 5 heterocycles. The van der Waals surface area contributed by atoms with Crippen molar-refractivity contribution in [3.63, 3.8) is 0 Å². The van der Waals surface area contributed by atoms with Crippen molar-refractivity contribution in [2.45, 2.75) is 116 Å². The Morgan fingerprint density at radius 1 is 0.949 bits per heavy atom. The van der Waals surface area contributed by atoms with Gasteiger partial charge in [0.05, 0.1) is 48.2 Å². The summed E-state index contributed by atoms with van der Waals surface area (Å²) in [7, 11) is 2.67. The molecule has 5 aromatic rings. The van der Waals surface area contributed by atoms with Gasteiger partial charge < -0.3 is 44.4 Å². The highest BCUT2D eigenvalue weighted by Gasteiger charge is 2.42. The summed E-state index contributed by atoms with van der Waals surface area (Å²) in [6, 6.07) is 12.9. The molecule has 0 aliphatic carbocycles. The number of nitrogens with one attached hydrogen (secondary N) is 4. The predicted octanol–water partition coefficient (Wildman–Crippen LogP) is 6.44. The van der Waals surface area contributed by atoms with E-state index >= 15 is 0 Å². The first kappa shape index (κ1) is 40.3. The van der Waals surface area contributed by atoms with Crippen LogP contribution < -0.4 is 15.4 Å². The number of hydrogen-bond donors (Lipinski definition) is 5. The van der Waals surface area contributed by atoms with Gasteiger partial charge in [-0.05, 0) is 98.2 Å². The Balaban J connectivity index is 1.05. The second-order valence-electron chi connectivity index (χ2n) is 16.4. The van der Waals surface area contributed by atoms with Gasteiger partial charge in [-0.15, -0.1) is 0 Å². The van der Waals surface area contributed by atoms with Crippen LogP contribution in [-0.2, 0) is 25.7 Å². The number of imidazole rings is 2. The van der Waals surface area contributed by atoms with Gasteiger partial charge in [0.2, 0.25) is 18.2 Å². The number of aromatic nitrogens is 4. The molecule has 2 fully saturated rings. The maximum absolute atomic E-state index is 14.0. The fourth-order valence-electron chi connectivity index (χ4n) is 9.24. The van der Waals surface area contributed by atoms with Gasteiger partial charge in [-0.3, -0.25) is 14.9 Å². The van der Waals surface area contributed by atoms with Crippen molar-refractivity contribution in [3.05, 3.63) is 65.9 Å². The number of alkyl carbamates (subject to hydrolysis) is 1. The van der Waals surface area contributed by atoms with Crippen molar-refractivity contribution in [1.82, 2.24) is 40.4 Å². The molecule has 2 saturated heterocycles. The van der Waals surface area contributed by atoms with Crippen LogP contribution in [0.3, 0.4) is 0 Å². The number of carbonyl (C=O) groups excluding carboxylic acids is 3. The van der Waals surface area contributed by atoms with Gasteiger partial charge in [-0.1, -0.05) is 39.0 Å². The predicted molar refractivity (Wildman–Crippen MR) is 222 cm³/mol. The van der Waals surface area contributed by atoms with Gasteiger partial charge in [0.15, 0.2) is 0 Å². The maximum atomic E-state index is 14.0. The molecule has 15 heteroatoms. The van der Waals surface area contributed by atoms with Crippen LogP contribution in [-0.4, -0.2) is 97.6 Å². The van der Waals surface area contributed by atoms with Gasteiger partial charge in [-0.2, -0.15) is 0 Å². The molecule has 8 rings (SSSR count). The van der Waals surface area contributed by atoms with E-state index in [1.807, 2.05) is 42.8 Å². The first-order valence-corrected chi connectivity index (χ1v) is 20.6. The minimum absolute atomic E-state index is 0.0222. The van der Waals surface area contributed by atoms with Crippen LogP contribution >= 0.6 is 0 Å². The number of likely N-dealkylation sites (tertiary alicyclic amines) is 2. The maximum Gasteiger partial charge on any atom is 0.407 e. The first-order chi connectivity index (χ1) is 28.4. The highest BCUT2D eigenvalue weighted by atomic mass is 16.6. The monoisotopic (exact) mass is 806 g/mol. The Morgan fingerprint density at radius 3 is 2.47 bits per heavy atom. The van der Waals surface area contributed by atoms with E-state index in [4.69, 9.17) is 24.2 Å². The quantitative estimate of drug-likeness (QED) is 0.0930. The molecule has 0 bridgehead atoms. The van der Waals surface area contributed by atoms with Crippen LogP contribution in [0, 0.1) is 5.92 Å². The Kier molecular flexibility index (Phi) is 11.1. The zero-order valence-electron chi connectivity index (χ0n) is 34.7. The lowest BCUT2D eigenvalue weighted by molar-refractivity contribution is -0.144. The van der Waals surface area contributed by atoms with E-state index < -0.39 is 24.6 Å². The third-order valence-electron chi connectivity index (χ3n) is 12.4. The molecule has 15 nitrogen and oxygen atoms in total. The van der Waals surface area contributed by atoms with Crippen molar-refractivity contribution in [1.29, 1.82) is 0 Å². The SMILES string of the molecule is CC[C@H]1CC[C@@H](c2ncc(-c3ccc4c(c3)COc3cc5c(ccc6nc([C@@H]7CC[C@H](C)N7C(=O)[C@@H](NC(=O)OC)C(C)C)[nH]c65)cc3-4)[nH]2)N1C(=O)[C@H](C)NC(O)OC. The molecule has 0 radical (unpaired) electrons. The number of benzene rings is 3. The van der Waals surface area contributed by atoms with E-state index in [-0.39, 0.29) is 41.9 Å². The molecule has 3 aromatic carbocycles. The molecule has 0 saturated carbocycles. The van der Waals surface area contributed by atoms with E-state index in [9.17, 15) is 19.5 Å². The van der Waals surface area contributed by atoms with Crippen LogP contribution in [0.25, 0.3) is 44.2 Å². The molecule has 3 amide bonds. The van der Waals surface area contributed by atoms with Crippen LogP contribution in [0.1, 0.15) is 96.0 Å². The Morgan fingerprint density at radius 2 is 1.73 bits per heavy atom. The molecular formula is C44H54N8O7. The number of nitrogens with zero attached hydrogens (tertiary/aromatic N) is 4. The van der Waals surface area contributed by atoms with Crippen LogP contribution in [0.2, 0.25) is 0 Å². The molecule has 5 N–H and O–H groups in total. The molecule has 7 atom stereocenters. The number of rotatable bonds is 11. The van der Waals surface area contributed by atoms with Crippen LogP contribution in [0.5, 0.6) is 5.75 Å². The summed E-state index contributed by atoms with van der Waals surface area (Å²) in [6.07, 6.45) is 4.02. The van der Waals surface area contributed by atoms with Gasteiger partial charge in [0, 0.05) is 30.1 Å². The molecule has 59 heavy (non-hydrogen) atoms. The number of ether oxygens (including phenoxy) is 3. The first-order valence-electron chi connectivity index (χ1n) is 20.6. The second-order valence-corrected chi connectivity index (χ2v) is 16.4. The number of fused-ring (bicyclic) bond motifs is 6. The van der Waals surface area contributed by atoms with Crippen molar-refractivity contribution in [2.24, 2.45) is 5.92 Å². The molecule has 312 valence electrons. The third-order valence-corrected chi connectivity index (χ3v) is 12.4. The summed E-state index contributed by atoms with van der Waals surface area (Å²) in [5, 5.41) is 17.5. The number of carbonyl (C=O) groups is 3. The van der Waals surface area contributed by atoms with E-state index in [1.165, 1.54) is 14.2 Å². The van der Waals surface area contributed by atoms with E-state index in [0.29, 0.717) is 6.61 Å². The number of aliphatic hydroxyl groups is 1. The largest absolute Gasteiger partial charge is 0.488 e. The average molecular weight is 807 g/mol. The second kappa shape index (κ2) is 16.3. The summed E-state index contributed by atoms with van der Waals surface area (Å²) >= 11 is 0. The fourth-order valence-corrected chi connectivity index (χ4v) is 9.24. The topological polar surface area (TPSA) is 187 Å². The van der Waals surface area contributed by atoms with Gasteiger partial charge in [-0.25, -0.2) is 14.8 Å². The minimum Gasteiger partial charge on any atom is -0.488 e. The van der Waals surface area contributed by atoms with Crippen LogP contribution in [0.4, 0.5) is 4.79 Å². The zero-order valence-corrected chi connectivity index (χ0v) is 34.7. The van der Waals surface area contributed by atoms with Gasteiger partial charge >= 0.3 is 6.09 Å². The average Bonchev–Trinajstić information content (AvgIpc) is 4.06. The summed E-state index contributed by atoms with van der Waals surface area (Å²) in [5.41, 5.74) is 6.66. The highest BCUT2D eigenvalue weighted by Crippen LogP contribution is 2.44. The van der Waals surface area contributed by atoms with E-state index in [0.717, 1.165) is 99.3 Å². The number of hydrogen-bond acceptors (Lipinski definition) is 10. The normalized spacial score (nSPS) is 21.6. The fraction of sp³-hybridized carbons (Fsp3) is 0.477. The Labute approximate surface area is 343 Å². The molecule has 2 aromatic heterocycles. The zero-order chi connectivity index (χ0) is 41.7. The number of aliphatic hydroxyl groups excluding tert-OH is 1. The standard InChI is InChI=1S/C44H54N8O7/c1-8-28-12-16-34(52(28)41(53)24(5)46-43(55)57-6)39-45-20-33(48-39)26-10-13-29-27(17-26)21-59-36-19-30-25(18-31(29)36)11-14-32-38(30)49-40(47-32)35-15-9-23(4)51(35)42(54)37(22(2)3)50-44(56)58-7/h10-11,13-14,17-20,22-24,28,34-35,37,43,46,55H,8-9,12,15-16,21H2,1-7H3,(H,45,48)(H,47,49)(H,50,56)/t23-,24-,28-,34-,35-,37-,43?/m0/s1. The summed E-state index contributed by atoms with van der Waals surface area (Å²) in [6.45, 7) is 10.1. The number of amides is 3. The Bertz CT molecular complexity index is 2390. The molecule has 1 unspecified atom stereocenters. The third kappa shape index (κ3) is 7.40. The van der Waals surface area contributed by atoms with Crippen molar-refractivity contribution in [2.75, 3.05) is 14.2 Å². The highest BCUT2D eigenvalue weighted by molar-refractivity contribution is 6.07. The molecular weight excluding hydrogens is 753 g/mol. The molecule has 3 aliphatic heterocycles. The summed E-state index contributed by atoms with van der Waals surface area (Å²) in [5.74, 6) is 1.85. The molecule has 3 aliphatic rings. The van der Waals surface area contributed by atoms with Gasteiger partial charge in [0.1, 0.15) is 30.0 Å². The van der Waals surface area contributed by atoms with Crippen LogP contribution in [0.15, 0.2) is 48.7 Å². The van der Waals surface area contributed by atoms with Crippen molar-refractivity contribution >= 4 is 39.7 Å². The lowest BCUT2D eigenvalue weighted by Crippen LogP contribution is -2.52. The summed E-state index contributed by atoms with van der Waals surface area (Å²) < 4.78 is 16.2. The smallest absolute Gasteiger partial charge is 0.407 e. The van der Waals surface area contributed by atoms with Gasteiger partial charge in [0.25, 0.3) is 0 Å². The number of methoxy groups -OCH3 is 2. The lowest BCUT2D eigenvalue weighted by Gasteiger charge is -2.32. The Hall–Kier alpha value is -5.51.